The first-order valence-electron chi connectivity index (χ1n) is 8.57. The molecule has 2 aromatic carbocycles. The van der Waals surface area contributed by atoms with Crippen molar-refractivity contribution in [3.8, 4) is 22.6 Å². The Morgan fingerprint density at radius 1 is 0.800 bits per heavy atom. The zero-order chi connectivity index (χ0) is 17.4. The first-order valence-corrected chi connectivity index (χ1v) is 8.57. The van der Waals surface area contributed by atoms with Gasteiger partial charge < -0.3 is 4.42 Å². The quantitative estimate of drug-likeness (QED) is 0.422. The Bertz CT molecular complexity index is 1010. The molecule has 0 unspecified atom stereocenters. The molecule has 0 aliphatic carbocycles. The number of benzene rings is 2. The Morgan fingerprint density at radius 2 is 1.52 bits per heavy atom. The van der Waals surface area contributed by atoms with Crippen LogP contribution in [0.25, 0.3) is 33.6 Å². The van der Waals surface area contributed by atoms with E-state index in [1.54, 1.807) is 0 Å². The van der Waals surface area contributed by atoms with E-state index in [4.69, 9.17) is 4.42 Å². The van der Waals surface area contributed by atoms with E-state index in [0.717, 1.165) is 33.6 Å². The predicted molar refractivity (Wildman–Crippen MR) is 104 cm³/mol. The van der Waals surface area contributed by atoms with Crippen LogP contribution in [0.15, 0.2) is 77.3 Å². The third kappa shape index (κ3) is 3.08. The van der Waals surface area contributed by atoms with Crippen molar-refractivity contribution in [2.75, 3.05) is 0 Å². The van der Waals surface area contributed by atoms with Gasteiger partial charge in [-0.25, -0.2) is 0 Å². The van der Waals surface area contributed by atoms with Gasteiger partial charge in [-0.2, -0.15) is 0 Å². The van der Waals surface area contributed by atoms with Crippen molar-refractivity contribution in [2.45, 2.75) is 26.2 Å². The van der Waals surface area contributed by atoms with Crippen molar-refractivity contribution >= 4 is 11.0 Å². The summed E-state index contributed by atoms with van der Waals surface area (Å²) in [5, 5.41) is 1.02. The van der Waals surface area contributed by atoms with Crippen molar-refractivity contribution in [1.29, 1.82) is 0 Å². The summed E-state index contributed by atoms with van der Waals surface area (Å²) in [4.78, 5) is 4.57. The predicted octanol–water partition coefficient (Wildman–Crippen LogP) is 6.46. The largest absolute Gasteiger partial charge is 0.456 e. The smallest absolute Gasteiger partial charge is 0.138 e. The Balaban J connectivity index is 1.72. The van der Waals surface area contributed by atoms with E-state index in [-0.39, 0.29) is 5.41 Å². The molecule has 0 fully saturated rings. The number of hydrogen-bond acceptors (Lipinski definition) is 2. The molecule has 0 amide bonds. The number of hydrogen-bond donors (Lipinski definition) is 0. The molecule has 0 bridgehead atoms. The Kier molecular flexibility index (Phi) is 3.69. The second-order valence-electron chi connectivity index (χ2n) is 7.41. The summed E-state index contributed by atoms with van der Waals surface area (Å²) in [6, 6.07) is 22.8. The monoisotopic (exact) mass is 327 g/mol. The fourth-order valence-corrected chi connectivity index (χ4v) is 2.98. The molecule has 0 N–H and O–H groups in total. The minimum atomic E-state index is 0.154. The van der Waals surface area contributed by atoms with Crippen LogP contribution >= 0.6 is 0 Å². The minimum absolute atomic E-state index is 0.154. The number of furan rings is 1. The first kappa shape index (κ1) is 15.6. The summed E-state index contributed by atoms with van der Waals surface area (Å²) in [5.74, 6) is 0.877. The maximum Gasteiger partial charge on any atom is 0.138 e. The van der Waals surface area contributed by atoms with E-state index >= 15 is 0 Å². The van der Waals surface area contributed by atoms with Crippen molar-refractivity contribution < 1.29 is 4.42 Å². The Hall–Kier alpha value is -2.87. The van der Waals surface area contributed by atoms with Crippen LogP contribution in [-0.2, 0) is 5.41 Å². The SMILES string of the molecule is CC(C)(C)c1ccc(-c2cc3cnc(-c4ccccc4)cc3o2)cc1. The van der Waals surface area contributed by atoms with Crippen LogP contribution < -0.4 is 0 Å². The fraction of sp³-hybridized carbons (Fsp3) is 0.174. The van der Waals surface area contributed by atoms with Gasteiger partial charge >= 0.3 is 0 Å². The zero-order valence-corrected chi connectivity index (χ0v) is 14.8. The van der Waals surface area contributed by atoms with Gasteiger partial charge in [0.2, 0.25) is 0 Å². The van der Waals surface area contributed by atoms with E-state index in [2.05, 4.69) is 68.2 Å². The normalized spacial score (nSPS) is 11.8. The van der Waals surface area contributed by atoms with Gasteiger partial charge in [0, 0.05) is 28.8 Å². The number of fused-ring (bicyclic) bond motifs is 1. The fourth-order valence-electron chi connectivity index (χ4n) is 2.98. The molecule has 25 heavy (non-hydrogen) atoms. The van der Waals surface area contributed by atoms with Gasteiger partial charge in [-0.15, -0.1) is 0 Å². The second-order valence-corrected chi connectivity index (χ2v) is 7.41. The molecule has 4 rings (SSSR count). The number of nitrogens with zero attached hydrogens (tertiary/aromatic N) is 1. The van der Waals surface area contributed by atoms with E-state index in [0.29, 0.717) is 0 Å². The van der Waals surface area contributed by atoms with Gasteiger partial charge in [0.1, 0.15) is 11.3 Å². The van der Waals surface area contributed by atoms with Gasteiger partial charge in [0.25, 0.3) is 0 Å². The highest BCUT2D eigenvalue weighted by Crippen LogP contribution is 2.31. The van der Waals surface area contributed by atoms with Crippen LogP contribution in [0.3, 0.4) is 0 Å². The standard InChI is InChI=1S/C23H21NO/c1-23(2,3)19-11-9-17(10-12-19)21-13-18-15-24-20(14-22(18)25-21)16-7-5-4-6-8-16/h4-15H,1-3H3. The topological polar surface area (TPSA) is 26.0 Å². The molecule has 0 saturated carbocycles. The third-order valence-corrected chi connectivity index (χ3v) is 4.51. The summed E-state index contributed by atoms with van der Waals surface area (Å²) in [5.41, 5.74) is 5.45. The van der Waals surface area contributed by atoms with E-state index in [1.807, 2.05) is 30.5 Å². The molecule has 124 valence electrons. The van der Waals surface area contributed by atoms with Crippen LogP contribution in [-0.4, -0.2) is 4.98 Å². The Labute approximate surface area is 148 Å². The van der Waals surface area contributed by atoms with Gasteiger partial charge in [0.15, 0.2) is 0 Å². The van der Waals surface area contributed by atoms with Crippen LogP contribution in [0, 0.1) is 0 Å². The lowest BCUT2D eigenvalue weighted by Gasteiger charge is -2.18. The molecule has 0 spiro atoms. The van der Waals surface area contributed by atoms with E-state index in [9.17, 15) is 0 Å². The molecule has 0 aliphatic rings. The van der Waals surface area contributed by atoms with Crippen LogP contribution in [0.1, 0.15) is 26.3 Å². The highest BCUT2D eigenvalue weighted by Gasteiger charge is 2.14. The van der Waals surface area contributed by atoms with Gasteiger partial charge in [0.05, 0.1) is 5.69 Å². The van der Waals surface area contributed by atoms with Crippen molar-refractivity contribution in [3.05, 3.63) is 78.5 Å². The average molecular weight is 327 g/mol. The molecule has 2 heteroatoms. The zero-order valence-electron chi connectivity index (χ0n) is 14.8. The van der Waals surface area contributed by atoms with Crippen LogP contribution in [0.2, 0.25) is 0 Å². The number of aromatic nitrogens is 1. The first-order chi connectivity index (χ1) is 12.0. The molecular formula is C23H21NO. The van der Waals surface area contributed by atoms with E-state index < -0.39 is 0 Å². The minimum Gasteiger partial charge on any atom is -0.456 e. The molecule has 0 aliphatic heterocycles. The van der Waals surface area contributed by atoms with Crippen LogP contribution in [0.5, 0.6) is 0 Å². The summed E-state index contributed by atoms with van der Waals surface area (Å²) in [6.07, 6.45) is 1.88. The lowest BCUT2D eigenvalue weighted by Crippen LogP contribution is -2.10. The molecule has 2 aromatic heterocycles. The number of pyridine rings is 1. The second kappa shape index (κ2) is 5.89. The summed E-state index contributed by atoms with van der Waals surface area (Å²) < 4.78 is 6.10. The summed E-state index contributed by atoms with van der Waals surface area (Å²) >= 11 is 0. The van der Waals surface area contributed by atoms with Crippen molar-refractivity contribution in [2.24, 2.45) is 0 Å². The maximum atomic E-state index is 6.10. The molecule has 2 heterocycles. The highest BCUT2D eigenvalue weighted by atomic mass is 16.3. The maximum absolute atomic E-state index is 6.10. The highest BCUT2D eigenvalue weighted by molar-refractivity contribution is 5.85. The van der Waals surface area contributed by atoms with Crippen molar-refractivity contribution in [1.82, 2.24) is 4.98 Å². The lowest BCUT2D eigenvalue weighted by atomic mass is 9.86. The molecule has 0 saturated heterocycles. The van der Waals surface area contributed by atoms with Gasteiger partial charge in [-0.1, -0.05) is 75.4 Å². The molecule has 2 nitrogen and oxygen atoms in total. The van der Waals surface area contributed by atoms with Gasteiger partial charge in [-0.05, 0) is 17.0 Å². The van der Waals surface area contributed by atoms with Crippen molar-refractivity contribution in [3.63, 3.8) is 0 Å². The molecular weight excluding hydrogens is 306 g/mol. The molecule has 0 radical (unpaired) electrons. The Morgan fingerprint density at radius 3 is 2.20 bits per heavy atom. The van der Waals surface area contributed by atoms with E-state index in [1.165, 1.54) is 5.56 Å². The number of rotatable bonds is 2. The molecule has 4 aromatic rings. The third-order valence-electron chi connectivity index (χ3n) is 4.51. The lowest BCUT2D eigenvalue weighted by molar-refractivity contribution is 0.590. The molecule has 0 atom stereocenters. The average Bonchev–Trinajstić information content (AvgIpc) is 3.05. The summed E-state index contributed by atoms with van der Waals surface area (Å²) in [7, 11) is 0. The van der Waals surface area contributed by atoms with Crippen LogP contribution in [0.4, 0.5) is 0 Å². The van der Waals surface area contributed by atoms with Gasteiger partial charge in [-0.3, -0.25) is 4.98 Å². The summed E-state index contributed by atoms with van der Waals surface area (Å²) in [6.45, 7) is 6.67.